The van der Waals surface area contributed by atoms with E-state index in [9.17, 15) is 9.00 Å². The van der Waals surface area contributed by atoms with Gasteiger partial charge in [0.2, 0.25) is 9.35 Å². The number of nitrogens with zero attached hydrogens (tertiary/aromatic N) is 2. The van der Waals surface area contributed by atoms with E-state index in [0.29, 0.717) is 10.1 Å². The van der Waals surface area contributed by atoms with Gasteiger partial charge in [0.1, 0.15) is 0 Å². The molecule has 90 valence electrons. The van der Waals surface area contributed by atoms with E-state index in [1.807, 2.05) is 0 Å². The number of aromatic carboxylic acids is 1. The van der Waals surface area contributed by atoms with Gasteiger partial charge in [-0.1, -0.05) is 37.5 Å². The standard InChI is InChI=1S/C9H14N2O3S2/c1-2-3-4-5-6-16(14)9-11-10-7(15-9)8(12)13/h2-6H2,1H3,(H,12,13). The highest BCUT2D eigenvalue weighted by molar-refractivity contribution is 7.87. The van der Waals surface area contributed by atoms with Crippen molar-refractivity contribution in [1.82, 2.24) is 10.2 Å². The Balaban J connectivity index is 2.43. The Morgan fingerprint density at radius 2 is 2.12 bits per heavy atom. The van der Waals surface area contributed by atoms with E-state index >= 15 is 0 Å². The molecule has 1 atom stereocenters. The minimum absolute atomic E-state index is 0.100. The molecule has 0 radical (unpaired) electrons. The number of hydrogen-bond donors (Lipinski definition) is 1. The molecule has 0 spiro atoms. The number of carbonyl (C=O) groups is 1. The van der Waals surface area contributed by atoms with Crippen LogP contribution in [0.1, 0.15) is 42.4 Å². The maximum atomic E-state index is 11.7. The van der Waals surface area contributed by atoms with Crippen molar-refractivity contribution in [2.45, 2.75) is 36.9 Å². The molecule has 0 amide bonds. The molecule has 0 bridgehead atoms. The predicted molar refractivity (Wildman–Crippen MR) is 62.3 cm³/mol. The largest absolute Gasteiger partial charge is 0.476 e. The summed E-state index contributed by atoms with van der Waals surface area (Å²) < 4.78 is 12.0. The number of hydrogen-bond acceptors (Lipinski definition) is 5. The third-order valence-corrected chi connectivity index (χ3v) is 4.61. The lowest BCUT2D eigenvalue weighted by atomic mass is 10.2. The predicted octanol–water partition coefficient (Wildman–Crippen LogP) is 1.92. The molecular weight excluding hydrogens is 248 g/mol. The van der Waals surface area contributed by atoms with E-state index < -0.39 is 16.8 Å². The average molecular weight is 262 g/mol. The van der Waals surface area contributed by atoms with Crippen LogP contribution < -0.4 is 0 Å². The second-order valence-electron chi connectivity index (χ2n) is 3.29. The molecule has 0 aliphatic heterocycles. The molecule has 1 heterocycles. The highest BCUT2D eigenvalue weighted by atomic mass is 32.2. The Kier molecular flexibility index (Phi) is 5.54. The quantitative estimate of drug-likeness (QED) is 0.759. The number of carboxylic acids is 1. The number of unbranched alkanes of at least 4 members (excludes halogenated alkanes) is 3. The summed E-state index contributed by atoms with van der Waals surface area (Å²) in [7, 11) is -1.20. The minimum atomic E-state index is -1.20. The Morgan fingerprint density at radius 3 is 2.69 bits per heavy atom. The molecule has 7 heteroatoms. The lowest BCUT2D eigenvalue weighted by molar-refractivity contribution is 0.0695. The third-order valence-electron chi connectivity index (χ3n) is 1.97. The van der Waals surface area contributed by atoms with Crippen molar-refractivity contribution >= 4 is 28.1 Å². The number of aromatic nitrogens is 2. The SMILES string of the molecule is CCCCCCS(=O)c1nnc(C(=O)O)s1. The molecule has 5 nitrogen and oxygen atoms in total. The summed E-state index contributed by atoms with van der Waals surface area (Å²) in [4.78, 5) is 10.5. The molecule has 0 saturated heterocycles. The third kappa shape index (κ3) is 3.97. The van der Waals surface area contributed by atoms with Crippen LogP contribution in [-0.4, -0.2) is 31.2 Å². The first-order valence-corrected chi connectivity index (χ1v) is 7.24. The van der Waals surface area contributed by atoms with Gasteiger partial charge in [0.25, 0.3) is 0 Å². The van der Waals surface area contributed by atoms with Crippen LogP contribution in [0.3, 0.4) is 0 Å². The Labute approximate surface area is 100 Å². The number of rotatable bonds is 7. The van der Waals surface area contributed by atoms with Crippen LogP contribution in [0.5, 0.6) is 0 Å². The fraction of sp³-hybridized carbons (Fsp3) is 0.667. The second-order valence-corrected chi connectivity index (χ2v) is 6.01. The summed E-state index contributed by atoms with van der Waals surface area (Å²) in [5.74, 6) is -0.583. The molecule has 16 heavy (non-hydrogen) atoms. The monoisotopic (exact) mass is 262 g/mol. The van der Waals surface area contributed by atoms with Gasteiger partial charge < -0.3 is 5.11 Å². The van der Waals surface area contributed by atoms with Crippen molar-refractivity contribution in [1.29, 1.82) is 0 Å². The molecule has 1 unspecified atom stereocenters. The van der Waals surface area contributed by atoms with E-state index in [1.165, 1.54) is 0 Å². The lowest BCUT2D eigenvalue weighted by Crippen LogP contribution is -1.97. The first-order valence-electron chi connectivity index (χ1n) is 5.10. The molecule has 0 aliphatic carbocycles. The second kappa shape index (κ2) is 6.70. The van der Waals surface area contributed by atoms with Crippen molar-refractivity contribution in [3.05, 3.63) is 5.01 Å². The van der Waals surface area contributed by atoms with Gasteiger partial charge >= 0.3 is 5.97 Å². The highest BCUT2D eigenvalue weighted by Crippen LogP contribution is 2.15. The van der Waals surface area contributed by atoms with E-state index in [2.05, 4.69) is 17.1 Å². The van der Waals surface area contributed by atoms with Crippen molar-refractivity contribution in [2.75, 3.05) is 5.75 Å². The van der Waals surface area contributed by atoms with E-state index in [0.717, 1.165) is 37.0 Å². The van der Waals surface area contributed by atoms with Crippen LogP contribution in [0.15, 0.2) is 4.34 Å². The normalized spacial score (nSPS) is 12.6. The summed E-state index contributed by atoms with van der Waals surface area (Å²) >= 11 is 0.891. The summed E-state index contributed by atoms with van der Waals surface area (Å²) in [6.07, 6.45) is 4.19. The zero-order valence-electron chi connectivity index (χ0n) is 9.01. The van der Waals surface area contributed by atoms with Gasteiger partial charge in [-0.2, -0.15) is 0 Å². The van der Waals surface area contributed by atoms with Gasteiger partial charge in [-0.05, 0) is 6.42 Å². The maximum absolute atomic E-state index is 11.7. The summed E-state index contributed by atoms with van der Waals surface area (Å²) in [6, 6.07) is 0. The molecule has 0 aromatic carbocycles. The molecule has 1 rings (SSSR count). The molecule has 0 saturated carbocycles. The lowest BCUT2D eigenvalue weighted by Gasteiger charge is -1.97. The van der Waals surface area contributed by atoms with Crippen LogP contribution in [-0.2, 0) is 10.8 Å². The van der Waals surface area contributed by atoms with Gasteiger partial charge in [-0.25, -0.2) is 4.79 Å². The molecule has 1 aromatic rings. The van der Waals surface area contributed by atoms with Crippen LogP contribution >= 0.6 is 11.3 Å². The topological polar surface area (TPSA) is 80.2 Å². The Bertz CT molecular complexity index is 379. The molecule has 0 aliphatic rings. The average Bonchev–Trinajstić information content (AvgIpc) is 2.73. The van der Waals surface area contributed by atoms with Crippen molar-refractivity contribution in [2.24, 2.45) is 0 Å². The summed E-state index contributed by atoms with van der Waals surface area (Å²) in [5, 5.41) is 15.6. The fourth-order valence-electron chi connectivity index (χ4n) is 1.14. The Morgan fingerprint density at radius 1 is 1.38 bits per heavy atom. The van der Waals surface area contributed by atoms with Gasteiger partial charge in [-0.15, -0.1) is 10.2 Å². The first kappa shape index (κ1) is 13.2. The van der Waals surface area contributed by atoms with Crippen LogP contribution in [0.2, 0.25) is 0 Å². The zero-order valence-corrected chi connectivity index (χ0v) is 10.6. The zero-order chi connectivity index (χ0) is 12.0. The molecular formula is C9H14N2O3S2. The van der Waals surface area contributed by atoms with Gasteiger partial charge in [-0.3, -0.25) is 4.21 Å². The molecule has 1 N–H and O–H groups in total. The smallest absolute Gasteiger partial charge is 0.367 e. The van der Waals surface area contributed by atoms with Crippen LogP contribution in [0.25, 0.3) is 0 Å². The van der Waals surface area contributed by atoms with Gasteiger partial charge in [0, 0.05) is 5.75 Å². The highest BCUT2D eigenvalue weighted by Gasteiger charge is 2.14. The summed E-state index contributed by atoms with van der Waals surface area (Å²) in [6.45, 7) is 2.11. The molecule has 1 aromatic heterocycles. The fourth-order valence-corrected chi connectivity index (χ4v) is 3.18. The molecule has 0 fully saturated rings. The first-order chi connectivity index (χ1) is 7.65. The minimum Gasteiger partial charge on any atom is -0.476 e. The van der Waals surface area contributed by atoms with Crippen molar-refractivity contribution < 1.29 is 14.1 Å². The van der Waals surface area contributed by atoms with E-state index in [4.69, 9.17) is 5.11 Å². The van der Waals surface area contributed by atoms with Crippen molar-refractivity contribution in [3.8, 4) is 0 Å². The van der Waals surface area contributed by atoms with Crippen LogP contribution in [0.4, 0.5) is 0 Å². The summed E-state index contributed by atoms with van der Waals surface area (Å²) in [5.41, 5.74) is 0. The van der Waals surface area contributed by atoms with E-state index in [-0.39, 0.29) is 5.01 Å². The maximum Gasteiger partial charge on any atom is 0.367 e. The van der Waals surface area contributed by atoms with Gasteiger partial charge in [0.05, 0.1) is 10.8 Å². The Hall–Kier alpha value is -0.820. The van der Waals surface area contributed by atoms with Crippen molar-refractivity contribution in [3.63, 3.8) is 0 Å². The van der Waals surface area contributed by atoms with Gasteiger partial charge in [0.15, 0.2) is 0 Å². The van der Waals surface area contributed by atoms with E-state index in [1.54, 1.807) is 0 Å². The van der Waals surface area contributed by atoms with Crippen LogP contribution in [0, 0.1) is 0 Å². The number of carboxylic acid groups (broad SMARTS) is 1.